The molecule has 0 unspecified atom stereocenters. The minimum absolute atomic E-state index is 0.0352. The van der Waals surface area contributed by atoms with Crippen LogP contribution < -0.4 is 15.9 Å². The Labute approximate surface area is 164 Å². The summed E-state index contributed by atoms with van der Waals surface area (Å²) in [5.41, 5.74) is 7.98. The Morgan fingerprint density at radius 2 is 2.12 bits per heavy atom. The zero-order valence-corrected chi connectivity index (χ0v) is 15.9. The molecule has 4 N–H and O–H groups in total. The first-order chi connectivity index (χ1) is 12.3. The van der Waals surface area contributed by atoms with Gasteiger partial charge in [0.05, 0.1) is 23.5 Å². The number of halogens is 3. The first kappa shape index (κ1) is 20.1. The molecular weight excluding hydrogens is 403 g/mol. The van der Waals surface area contributed by atoms with E-state index in [1.807, 2.05) is 6.92 Å². The van der Waals surface area contributed by atoms with E-state index < -0.39 is 5.91 Å². The maximum atomic E-state index is 12.1. The van der Waals surface area contributed by atoms with Crippen molar-refractivity contribution in [1.29, 1.82) is 0 Å². The van der Waals surface area contributed by atoms with Crippen molar-refractivity contribution >= 4 is 52.6 Å². The number of hydrogen-bond donors (Lipinski definition) is 3. The van der Waals surface area contributed by atoms with E-state index in [9.17, 15) is 9.90 Å². The van der Waals surface area contributed by atoms with E-state index in [4.69, 9.17) is 45.3 Å². The summed E-state index contributed by atoms with van der Waals surface area (Å²) in [7, 11) is 0. The van der Waals surface area contributed by atoms with Crippen molar-refractivity contribution < 1.29 is 14.6 Å². The third-order valence-electron chi connectivity index (χ3n) is 3.13. The highest BCUT2D eigenvalue weighted by Gasteiger charge is 2.19. The van der Waals surface area contributed by atoms with Gasteiger partial charge in [0.25, 0.3) is 5.91 Å². The van der Waals surface area contributed by atoms with Crippen LogP contribution in [0.2, 0.25) is 15.2 Å². The molecule has 2 rings (SSSR count). The molecule has 0 fully saturated rings. The molecule has 0 bridgehead atoms. The molecule has 0 radical (unpaired) electrons. The Bertz CT molecular complexity index is 859. The normalized spacial score (nSPS) is 10.9. The number of amides is 1. The number of nitrogens with one attached hydrogen (secondary N) is 1. The number of aromatic hydroxyl groups is 1. The fraction of sp³-hybridized carbons (Fsp3) is 0.188. The average molecular weight is 418 g/mol. The Morgan fingerprint density at radius 1 is 1.38 bits per heavy atom. The minimum atomic E-state index is -0.737. The van der Waals surface area contributed by atoms with Crippen LogP contribution in [-0.2, 0) is 0 Å². The van der Waals surface area contributed by atoms with Crippen LogP contribution >= 0.6 is 34.8 Å². The Morgan fingerprint density at radius 3 is 2.77 bits per heavy atom. The summed E-state index contributed by atoms with van der Waals surface area (Å²) in [5.74, 6) is -0.252. The molecule has 0 aliphatic rings. The van der Waals surface area contributed by atoms with Gasteiger partial charge in [0.2, 0.25) is 0 Å². The number of rotatable bonds is 6. The molecule has 0 atom stereocenters. The third kappa shape index (κ3) is 4.69. The number of anilines is 1. The van der Waals surface area contributed by atoms with Crippen LogP contribution in [-0.4, -0.2) is 28.8 Å². The summed E-state index contributed by atoms with van der Waals surface area (Å²) >= 11 is 17.5. The molecule has 26 heavy (non-hydrogen) atoms. The number of aromatic nitrogens is 1. The van der Waals surface area contributed by atoms with Gasteiger partial charge in [-0.15, -0.1) is 0 Å². The lowest BCUT2D eigenvalue weighted by Gasteiger charge is -2.08. The largest absolute Gasteiger partial charge is 0.507 e. The summed E-state index contributed by atoms with van der Waals surface area (Å²) in [6.45, 7) is 2.52. The van der Waals surface area contributed by atoms with E-state index in [0.29, 0.717) is 17.9 Å². The number of carbonyl (C=O) groups is 1. The monoisotopic (exact) mass is 416 g/mol. The molecule has 1 amide bonds. The fourth-order valence-corrected chi connectivity index (χ4v) is 2.43. The zero-order valence-electron chi connectivity index (χ0n) is 13.6. The van der Waals surface area contributed by atoms with Crippen LogP contribution in [0.25, 0.3) is 0 Å². The molecule has 10 heteroatoms. The minimum Gasteiger partial charge on any atom is -0.507 e. The molecule has 0 aliphatic carbocycles. The van der Waals surface area contributed by atoms with Crippen molar-refractivity contribution in [2.24, 2.45) is 5.10 Å². The summed E-state index contributed by atoms with van der Waals surface area (Å²) in [4.78, 5) is 15.9. The second-order valence-electron chi connectivity index (χ2n) is 5.06. The summed E-state index contributed by atoms with van der Waals surface area (Å²) < 4.78 is 5.40. The van der Waals surface area contributed by atoms with E-state index in [1.165, 1.54) is 12.3 Å². The van der Waals surface area contributed by atoms with Crippen molar-refractivity contribution in [3.63, 3.8) is 0 Å². The number of hydrazone groups is 1. The first-order valence-electron chi connectivity index (χ1n) is 7.44. The summed E-state index contributed by atoms with van der Waals surface area (Å²) in [5, 5.41) is 13.4. The molecule has 1 aromatic heterocycles. The molecule has 138 valence electrons. The van der Waals surface area contributed by atoms with Crippen LogP contribution in [0.1, 0.15) is 29.4 Å². The lowest BCUT2D eigenvalue weighted by molar-refractivity contribution is 0.0950. The van der Waals surface area contributed by atoms with Crippen molar-refractivity contribution in [3.8, 4) is 11.5 Å². The van der Waals surface area contributed by atoms with Gasteiger partial charge < -0.3 is 15.6 Å². The smallest absolute Gasteiger partial charge is 0.291 e. The van der Waals surface area contributed by atoms with Crippen LogP contribution in [0.15, 0.2) is 23.3 Å². The molecule has 1 heterocycles. The quantitative estimate of drug-likeness (QED) is 0.375. The molecular formula is C16H15Cl3N4O3. The van der Waals surface area contributed by atoms with Crippen molar-refractivity contribution in [3.05, 3.63) is 44.7 Å². The molecule has 0 spiro atoms. The lowest BCUT2D eigenvalue weighted by Crippen LogP contribution is -2.20. The fourth-order valence-electron chi connectivity index (χ4n) is 1.84. The highest BCUT2D eigenvalue weighted by atomic mass is 35.5. The molecule has 0 saturated heterocycles. The number of nitrogen functional groups attached to an aromatic ring is 1. The van der Waals surface area contributed by atoms with E-state index in [-0.39, 0.29) is 32.3 Å². The number of hydrogen-bond acceptors (Lipinski definition) is 6. The molecule has 7 nitrogen and oxygen atoms in total. The van der Waals surface area contributed by atoms with Gasteiger partial charge >= 0.3 is 0 Å². The van der Waals surface area contributed by atoms with E-state index in [2.05, 4.69) is 15.5 Å². The molecule has 0 saturated carbocycles. The number of ether oxygens (including phenoxy) is 1. The Balaban J connectivity index is 2.10. The van der Waals surface area contributed by atoms with Gasteiger partial charge in [-0.05, 0) is 18.6 Å². The van der Waals surface area contributed by atoms with E-state index in [0.717, 1.165) is 6.42 Å². The maximum absolute atomic E-state index is 12.1. The number of carbonyl (C=O) groups excluding carboxylic acids is 1. The number of pyridine rings is 1. The number of phenolic OH excluding ortho intramolecular Hbond substituents is 1. The number of nitrogens with two attached hydrogens (primary N) is 1. The van der Waals surface area contributed by atoms with Crippen LogP contribution in [0.4, 0.5) is 5.69 Å². The third-order valence-corrected chi connectivity index (χ3v) is 4.27. The topological polar surface area (TPSA) is 110 Å². The second kappa shape index (κ2) is 8.93. The standard InChI is InChI=1S/C16H15Cl3N4O3/c1-2-5-26-9-4-3-8(10(24)6-9)7-21-23-16(25)14-11(17)13(20)12(18)15(19)22-14/h3-4,6-7,24H,2,5H2,1H3,(H2,20,22)(H,23,25)/b21-7+. The predicted octanol–water partition coefficient (Wildman–Crippen LogP) is 3.88. The molecule has 2 aromatic rings. The van der Waals surface area contributed by atoms with Gasteiger partial charge in [-0.1, -0.05) is 41.7 Å². The van der Waals surface area contributed by atoms with E-state index in [1.54, 1.807) is 12.1 Å². The highest BCUT2D eigenvalue weighted by molar-refractivity contribution is 6.46. The first-order valence-corrected chi connectivity index (χ1v) is 8.57. The SMILES string of the molecule is CCCOc1ccc(/C=N/NC(=O)c2nc(Cl)c(Cl)c(N)c2Cl)c(O)c1. The maximum Gasteiger partial charge on any atom is 0.291 e. The summed E-state index contributed by atoms with van der Waals surface area (Å²) in [6.07, 6.45) is 2.11. The zero-order chi connectivity index (χ0) is 19.3. The molecule has 0 aliphatic heterocycles. The average Bonchev–Trinajstić information content (AvgIpc) is 2.62. The Kier molecular flexibility index (Phi) is 6.90. The van der Waals surface area contributed by atoms with Crippen molar-refractivity contribution in [1.82, 2.24) is 10.4 Å². The van der Waals surface area contributed by atoms with Gasteiger partial charge in [-0.3, -0.25) is 4.79 Å². The summed E-state index contributed by atoms with van der Waals surface area (Å²) in [6, 6.07) is 4.73. The van der Waals surface area contributed by atoms with Gasteiger partial charge in [-0.2, -0.15) is 5.10 Å². The molecule has 1 aromatic carbocycles. The lowest BCUT2D eigenvalue weighted by atomic mass is 10.2. The predicted molar refractivity (Wildman–Crippen MR) is 103 cm³/mol. The second-order valence-corrected chi connectivity index (χ2v) is 6.18. The van der Waals surface area contributed by atoms with Gasteiger partial charge in [0, 0.05) is 11.6 Å². The van der Waals surface area contributed by atoms with Crippen LogP contribution in [0.5, 0.6) is 11.5 Å². The Hall–Kier alpha value is -2.22. The van der Waals surface area contributed by atoms with E-state index >= 15 is 0 Å². The number of benzene rings is 1. The van der Waals surface area contributed by atoms with Gasteiger partial charge in [-0.25, -0.2) is 10.4 Å². The van der Waals surface area contributed by atoms with Crippen molar-refractivity contribution in [2.75, 3.05) is 12.3 Å². The number of phenols is 1. The van der Waals surface area contributed by atoms with Gasteiger partial charge in [0.15, 0.2) is 10.8 Å². The van der Waals surface area contributed by atoms with Crippen LogP contribution in [0.3, 0.4) is 0 Å². The highest BCUT2D eigenvalue weighted by Crippen LogP contribution is 2.34. The number of nitrogens with zero attached hydrogens (tertiary/aromatic N) is 2. The van der Waals surface area contributed by atoms with Gasteiger partial charge in [0.1, 0.15) is 16.5 Å². The van der Waals surface area contributed by atoms with Crippen molar-refractivity contribution in [2.45, 2.75) is 13.3 Å². The van der Waals surface area contributed by atoms with Crippen LogP contribution in [0, 0.1) is 0 Å².